The first-order chi connectivity index (χ1) is 7.90. The van der Waals surface area contributed by atoms with E-state index in [1.807, 2.05) is 0 Å². The molecular weight excluding hydrogens is 235 g/mol. The second-order valence-corrected chi connectivity index (χ2v) is 3.73. The number of nitrogens with one attached hydrogen (secondary N) is 1. The summed E-state index contributed by atoms with van der Waals surface area (Å²) >= 11 is 0. The maximum absolute atomic E-state index is 12.9. The van der Waals surface area contributed by atoms with E-state index >= 15 is 0 Å². The van der Waals surface area contributed by atoms with Crippen molar-refractivity contribution in [2.45, 2.75) is 25.8 Å². The molecule has 0 aromatic heterocycles. The van der Waals surface area contributed by atoms with E-state index in [1.54, 1.807) is 6.92 Å². The third-order valence-corrected chi connectivity index (χ3v) is 2.19. The number of hydrogen-bond acceptors (Lipinski definition) is 2. The van der Waals surface area contributed by atoms with Gasteiger partial charge in [0.05, 0.1) is 0 Å². The minimum atomic E-state index is -1.52. The highest BCUT2D eigenvalue weighted by atomic mass is 19.2. The van der Waals surface area contributed by atoms with E-state index in [1.165, 1.54) is 0 Å². The zero-order valence-electron chi connectivity index (χ0n) is 9.14. The normalized spacial score (nSPS) is 12.2. The number of carbonyl (C=O) groups is 1. The largest absolute Gasteiger partial charge is 0.481 e. The smallest absolute Gasteiger partial charge is 0.303 e. The maximum atomic E-state index is 12.9. The highest BCUT2D eigenvalue weighted by Gasteiger charge is 2.12. The number of carboxylic acid groups (broad SMARTS) is 1. The van der Waals surface area contributed by atoms with Crippen molar-refractivity contribution in [1.82, 2.24) is 0 Å². The molecule has 1 aromatic carbocycles. The minimum Gasteiger partial charge on any atom is -0.481 e. The zero-order chi connectivity index (χ0) is 13.0. The van der Waals surface area contributed by atoms with E-state index in [-0.39, 0.29) is 18.2 Å². The van der Waals surface area contributed by atoms with E-state index in [2.05, 4.69) is 5.32 Å². The van der Waals surface area contributed by atoms with Crippen LogP contribution in [0.3, 0.4) is 0 Å². The molecule has 0 aliphatic rings. The molecule has 1 aromatic rings. The molecule has 0 saturated heterocycles. The summed E-state index contributed by atoms with van der Waals surface area (Å²) in [7, 11) is 0. The van der Waals surface area contributed by atoms with Crippen LogP contribution >= 0.6 is 0 Å². The first kappa shape index (κ1) is 13.3. The van der Waals surface area contributed by atoms with Gasteiger partial charge in [0.1, 0.15) is 0 Å². The third-order valence-electron chi connectivity index (χ3n) is 2.19. The Morgan fingerprint density at radius 3 is 2.35 bits per heavy atom. The lowest BCUT2D eigenvalue weighted by atomic mass is 10.1. The molecule has 2 N–H and O–H groups in total. The summed E-state index contributed by atoms with van der Waals surface area (Å²) in [6, 6.07) is 1.38. The van der Waals surface area contributed by atoms with Gasteiger partial charge >= 0.3 is 5.97 Å². The molecule has 3 nitrogen and oxygen atoms in total. The average Bonchev–Trinajstić information content (AvgIpc) is 2.23. The topological polar surface area (TPSA) is 49.3 Å². The van der Waals surface area contributed by atoms with Crippen molar-refractivity contribution >= 4 is 11.7 Å². The molecule has 1 unspecified atom stereocenters. The van der Waals surface area contributed by atoms with Gasteiger partial charge in [-0.3, -0.25) is 4.79 Å². The maximum Gasteiger partial charge on any atom is 0.303 e. The Bertz CT molecular complexity index is 400. The van der Waals surface area contributed by atoms with Gasteiger partial charge in [-0.05, 0) is 13.3 Å². The number of benzene rings is 1. The van der Waals surface area contributed by atoms with Gasteiger partial charge in [-0.15, -0.1) is 0 Å². The molecule has 0 heterocycles. The quantitative estimate of drug-likeness (QED) is 0.786. The van der Waals surface area contributed by atoms with Crippen molar-refractivity contribution in [3.63, 3.8) is 0 Å². The fourth-order valence-corrected chi connectivity index (χ4v) is 1.34. The number of anilines is 1. The van der Waals surface area contributed by atoms with Crippen LogP contribution in [0.15, 0.2) is 12.1 Å². The summed E-state index contributed by atoms with van der Waals surface area (Å²) in [5, 5.41) is 11.2. The van der Waals surface area contributed by atoms with Crippen LogP contribution in [-0.2, 0) is 4.79 Å². The van der Waals surface area contributed by atoms with Gasteiger partial charge in [0.25, 0.3) is 0 Å². The molecule has 17 heavy (non-hydrogen) atoms. The predicted molar refractivity (Wildman–Crippen MR) is 56.3 cm³/mol. The van der Waals surface area contributed by atoms with Crippen LogP contribution in [0.5, 0.6) is 0 Å². The number of halogens is 3. The van der Waals surface area contributed by atoms with Crippen LogP contribution < -0.4 is 5.32 Å². The van der Waals surface area contributed by atoms with Gasteiger partial charge in [0, 0.05) is 30.3 Å². The van der Waals surface area contributed by atoms with Crippen LogP contribution in [0.2, 0.25) is 0 Å². The molecule has 0 amide bonds. The molecule has 0 aliphatic carbocycles. The molecular formula is C11H12F3NO2. The summed E-state index contributed by atoms with van der Waals surface area (Å²) in [5.41, 5.74) is 0.0827. The lowest BCUT2D eigenvalue weighted by Gasteiger charge is -2.14. The van der Waals surface area contributed by atoms with Crippen molar-refractivity contribution in [2.24, 2.45) is 0 Å². The highest BCUT2D eigenvalue weighted by molar-refractivity contribution is 5.66. The first-order valence-electron chi connectivity index (χ1n) is 5.03. The summed E-state index contributed by atoms with van der Waals surface area (Å²) in [5.74, 6) is -5.03. The van der Waals surface area contributed by atoms with Crippen molar-refractivity contribution < 1.29 is 23.1 Å². The first-order valence-corrected chi connectivity index (χ1v) is 5.03. The lowest BCUT2D eigenvalue weighted by molar-refractivity contribution is -0.137. The van der Waals surface area contributed by atoms with Crippen molar-refractivity contribution in [3.05, 3.63) is 29.6 Å². The van der Waals surface area contributed by atoms with Crippen LogP contribution in [0.1, 0.15) is 19.8 Å². The number of hydrogen-bond donors (Lipinski definition) is 2. The summed E-state index contributed by atoms with van der Waals surface area (Å²) < 4.78 is 38.4. The highest BCUT2D eigenvalue weighted by Crippen LogP contribution is 2.18. The number of rotatable bonds is 5. The fourth-order valence-electron chi connectivity index (χ4n) is 1.34. The Morgan fingerprint density at radius 1 is 1.35 bits per heavy atom. The molecule has 0 aliphatic heterocycles. The van der Waals surface area contributed by atoms with Gasteiger partial charge in [-0.1, -0.05) is 0 Å². The Balaban J connectivity index is 2.65. The second-order valence-electron chi connectivity index (χ2n) is 3.73. The van der Waals surface area contributed by atoms with Crippen molar-refractivity contribution in [3.8, 4) is 0 Å². The van der Waals surface area contributed by atoms with E-state index < -0.39 is 23.4 Å². The second kappa shape index (κ2) is 5.56. The fraction of sp³-hybridized carbons (Fsp3) is 0.364. The Morgan fingerprint density at radius 2 is 1.88 bits per heavy atom. The molecule has 6 heteroatoms. The van der Waals surface area contributed by atoms with Crippen molar-refractivity contribution in [1.29, 1.82) is 0 Å². The minimum absolute atomic E-state index is 0.0552. The monoisotopic (exact) mass is 247 g/mol. The standard InChI is InChI=1S/C11H12F3NO2/c1-6(2-3-10(16)17)15-7-4-8(12)11(14)9(13)5-7/h4-6,15H,2-3H2,1H3,(H,16,17). The third kappa shape index (κ3) is 3.97. The molecule has 0 saturated carbocycles. The van der Waals surface area contributed by atoms with Gasteiger partial charge in [-0.2, -0.15) is 0 Å². The summed E-state index contributed by atoms with van der Waals surface area (Å²) in [6.45, 7) is 1.67. The van der Waals surface area contributed by atoms with Gasteiger partial charge in [0.2, 0.25) is 0 Å². The number of carboxylic acids is 1. The predicted octanol–water partition coefficient (Wildman–Crippen LogP) is 2.77. The molecule has 0 bridgehead atoms. The van der Waals surface area contributed by atoms with Gasteiger partial charge in [0.15, 0.2) is 17.5 Å². The van der Waals surface area contributed by atoms with Crippen LogP contribution in [-0.4, -0.2) is 17.1 Å². The van der Waals surface area contributed by atoms with Gasteiger partial charge in [-0.25, -0.2) is 13.2 Å². The van der Waals surface area contributed by atoms with Crippen LogP contribution in [0, 0.1) is 17.5 Å². The molecule has 1 rings (SSSR count). The zero-order valence-corrected chi connectivity index (χ0v) is 9.14. The van der Waals surface area contributed by atoms with Crippen LogP contribution in [0.25, 0.3) is 0 Å². The molecule has 94 valence electrons. The van der Waals surface area contributed by atoms with E-state index in [0.29, 0.717) is 6.42 Å². The average molecular weight is 247 g/mol. The molecule has 0 fully saturated rings. The molecule has 1 atom stereocenters. The Kier molecular flexibility index (Phi) is 4.37. The van der Waals surface area contributed by atoms with Crippen LogP contribution in [0.4, 0.5) is 18.9 Å². The van der Waals surface area contributed by atoms with E-state index in [0.717, 1.165) is 12.1 Å². The number of aliphatic carboxylic acids is 1. The summed E-state index contributed by atoms with van der Waals surface area (Å²) in [6.07, 6.45) is 0.246. The van der Waals surface area contributed by atoms with E-state index in [4.69, 9.17) is 5.11 Å². The summed E-state index contributed by atoms with van der Waals surface area (Å²) in [4.78, 5) is 10.3. The lowest BCUT2D eigenvalue weighted by Crippen LogP contribution is -2.17. The van der Waals surface area contributed by atoms with Gasteiger partial charge < -0.3 is 10.4 Å². The van der Waals surface area contributed by atoms with Crippen molar-refractivity contribution in [2.75, 3.05) is 5.32 Å². The Hall–Kier alpha value is -1.72. The molecule has 0 spiro atoms. The molecule has 0 radical (unpaired) electrons. The van der Waals surface area contributed by atoms with E-state index in [9.17, 15) is 18.0 Å². The Labute approximate surface area is 96.3 Å². The SMILES string of the molecule is CC(CCC(=O)O)Nc1cc(F)c(F)c(F)c1.